The van der Waals surface area contributed by atoms with Crippen LogP contribution in [0.1, 0.15) is 43.5 Å². The van der Waals surface area contributed by atoms with Gasteiger partial charge in [0.25, 0.3) is 5.78 Å². The van der Waals surface area contributed by atoms with Crippen molar-refractivity contribution in [1.29, 1.82) is 0 Å². The largest absolute Gasteiger partial charge is 0.507 e. The van der Waals surface area contributed by atoms with Crippen molar-refractivity contribution in [3.8, 4) is 0 Å². The van der Waals surface area contributed by atoms with E-state index in [4.69, 9.17) is 11.6 Å². The number of nitrogens with zero attached hydrogens (tertiary/aromatic N) is 2. The number of thiazole rings is 1. The Balaban J connectivity index is 1.90. The van der Waals surface area contributed by atoms with Crippen LogP contribution in [0.2, 0.25) is 5.02 Å². The van der Waals surface area contributed by atoms with Gasteiger partial charge in [0.05, 0.1) is 11.6 Å². The summed E-state index contributed by atoms with van der Waals surface area (Å²) < 4.78 is 0. The molecule has 31 heavy (non-hydrogen) atoms. The van der Waals surface area contributed by atoms with Crippen LogP contribution in [-0.4, -0.2) is 21.8 Å². The Kier molecular flexibility index (Phi) is 5.45. The summed E-state index contributed by atoms with van der Waals surface area (Å²) in [5.74, 6) is -1.69. The maximum absolute atomic E-state index is 13.0. The summed E-state index contributed by atoms with van der Waals surface area (Å²) in [7, 11) is 0. The molecule has 0 bridgehead atoms. The van der Waals surface area contributed by atoms with E-state index in [0.717, 1.165) is 11.1 Å². The van der Waals surface area contributed by atoms with Crippen molar-refractivity contribution in [2.45, 2.75) is 32.2 Å². The Morgan fingerprint density at radius 1 is 1.06 bits per heavy atom. The minimum Gasteiger partial charge on any atom is -0.507 e. The third kappa shape index (κ3) is 3.89. The topological polar surface area (TPSA) is 70.5 Å². The third-order valence-corrected chi connectivity index (χ3v) is 6.30. The van der Waals surface area contributed by atoms with Crippen molar-refractivity contribution in [3.05, 3.63) is 87.4 Å². The third-order valence-electron chi connectivity index (χ3n) is 5.28. The standard InChI is InChI=1S/C24H21ClN2O3S/c1-24(2,3)16-8-4-14(5-9-16)19-18(20(28)15-6-10-17(25)11-7-15)21(29)22(30)27(19)23-26-12-13-31-23/h4-13,19,28H,1-3H3. The van der Waals surface area contributed by atoms with Crippen molar-refractivity contribution in [2.75, 3.05) is 4.90 Å². The summed E-state index contributed by atoms with van der Waals surface area (Å²) >= 11 is 7.22. The molecule has 1 aromatic heterocycles. The van der Waals surface area contributed by atoms with Gasteiger partial charge in [-0.1, -0.05) is 56.6 Å². The van der Waals surface area contributed by atoms with Gasteiger partial charge in [0.15, 0.2) is 5.13 Å². The molecule has 2 aromatic carbocycles. The zero-order valence-electron chi connectivity index (χ0n) is 17.3. The number of amides is 1. The van der Waals surface area contributed by atoms with E-state index in [-0.39, 0.29) is 16.7 Å². The number of aromatic nitrogens is 1. The average molecular weight is 453 g/mol. The van der Waals surface area contributed by atoms with Crippen LogP contribution in [0.5, 0.6) is 0 Å². The molecule has 3 aromatic rings. The maximum atomic E-state index is 13.0. The average Bonchev–Trinajstić information content (AvgIpc) is 3.34. The Labute approximate surface area is 189 Å². The van der Waals surface area contributed by atoms with Gasteiger partial charge in [-0.15, -0.1) is 11.3 Å². The molecule has 0 saturated carbocycles. The van der Waals surface area contributed by atoms with E-state index < -0.39 is 17.7 Å². The van der Waals surface area contributed by atoms with E-state index in [9.17, 15) is 14.7 Å². The SMILES string of the molecule is CC(C)(C)c1ccc(C2C(=C(O)c3ccc(Cl)cc3)C(=O)C(=O)N2c2nccs2)cc1. The first-order valence-corrected chi connectivity index (χ1v) is 11.0. The van der Waals surface area contributed by atoms with E-state index in [1.54, 1.807) is 35.8 Å². The second-order valence-electron chi connectivity index (χ2n) is 8.36. The lowest BCUT2D eigenvalue weighted by Gasteiger charge is -2.24. The molecule has 4 rings (SSSR count). The predicted octanol–water partition coefficient (Wildman–Crippen LogP) is 5.72. The lowest BCUT2D eigenvalue weighted by molar-refractivity contribution is -0.132. The van der Waals surface area contributed by atoms with Gasteiger partial charge in [-0.25, -0.2) is 4.98 Å². The molecule has 1 fully saturated rings. The number of Topliss-reactive ketones (excluding diaryl/α,β-unsaturated/α-hetero) is 1. The zero-order valence-corrected chi connectivity index (χ0v) is 18.9. The highest BCUT2D eigenvalue weighted by atomic mass is 35.5. The number of carbonyl (C=O) groups is 2. The molecule has 5 nitrogen and oxygen atoms in total. The van der Waals surface area contributed by atoms with Crippen LogP contribution in [-0.2, 0) is 15.0 Å². The molecule has 158 valence electrons. The second kappa shape index (κ2) is 7.94. The molecule has 1 atom stereocenters. The predicted molar refractivity (Wildman–Crippen MR) is 123 cm³/mol. The molecule has 7 heteroatoms. The number of hydrogen-bond acceptors (Lipinski definition) is 5. The minimum atomic E-state index is -0.782. The summed E-state index contributed by atoms with van der Waals surface area (Å²) in [6.07, 6.45) is 1.58. The molecule has 2 heterocycles. The highest BCUT2D eigenvalue weighted by molar-refractivity contribution is 7.14. The summed E-state index contributed by atoms with van der Waals surface area (Å²) in [4.78, 5) is 31.6. The normalized spacial score (nSPS) is 18.6. The quantitative estimate of drug-likeness (QED) is 0.313. The van der Waals surface area contributed by atoms with Crippen LogP contribution in [0.25, 0.3) is 5.76 Å². The molecular weight excluding hydrogens is 432 g/mol. The van der Waals surface area contributed by atoms with Gasteiger partial charge in [-0.05, 0) is 40.8 Å². The fourth-order valence-electron chi connectivity index (χ4n) is 3.61. The van der Waals surface area contributed by atoms with Crippen LogP contribution < -0.4 is 4.90 Å². The van der Waals surface area contributed by atoms with E-state index >= 15 is 0 Å². The number of rotatable bonds is 3. The number of anilines is 1. The first-order chi connectivity index (χ1) is 14.7. The molecule has 1 N–H and O–H groups in total. The lowest BCUT2D eigenvalue weighted by atomic mass is 9.85. The van der Waals surface area contributed by atoms with Crippen molar-refractivity contribution in [2.24, 2.45) is 0 Å². The summed E-state index contributed by atoms with van der Waals surface area (Å²) in [6, 6.07) is 13.5. The van der Waals surface area contributed by atoms with Crippen molar-refractivity contribution in [1.82, 2.24) is 4.98 Å². The highest BCUT2D eigenvalue weighted by Crippen LogP contribution is 2.43. The number of benzene rings is 2. The van der Waals surface area contributed by atoms with Gasteiger partial charge in [0.1, 0.15) is 5.76 Å². The van der Waals surface area contributed by atoms with Gasteiger partial charge in [-0.2, -0.15) is 0 Å². The molecule has 0 radical (unpaired) electrons. The molecule has 1 unspecified atom stereocenters. The van der Waals surface area contributed by atoms with E-state index in [2.05, 4.69) is 25.8 Å². The maximum Gasteiger partial charge on any atom is 0.301 e. The van der Waals surface area contributed by atoms with Crippen LogP contribution >= 0.6 is 22.9 Å². The van der Waals surface area contributed by atoms with Gasteiger partial charge < -0.3 is 5.11 Å². The highest BCUT2D eigenvalue weighted by Gasteiger charge is 2.48. The van der Waals surface area contributed by atoms with Gasteiger partial charge in [0, 0.05) is 22.2 Å². The summed E-state index contributed by atoms with van der Waals surface area (Å²) in [5.41, 5.74) is 2.25. The fourth-order valence-corrected chi connectivity index (χ4v) is 4.40. The fraction of sp³-hybridized carbons (Fsp3) is 0.208. The van der Waals surface area contributed by atoms with Gasteiger partial charge in [-0.3, -0.25) is 14.5 Å². The number of halogens is 1. The lowest BCUT2D eigenvalue weighted by Crippen LogP contribution is -2.29. The first kappa shape index (κ1) is 21.3. The smallest absolute Gasteiger partial charge is 0.301 e. The van der Waals surface area contributed by atoms with Gasteiger partial charge in [0.2, 0.25) is 0 Å². The number of ketones is 1. The minimum absolute atomic E-state index is 0.0334. The van der Waals surface area contributed by atoms with E-state index in [1.165, 1.54) is 16.2 Å². The second-order valence-corrected chi connectivity index (χ2v) is 9.67. The Hall–Kier alpha value is -2.96. The van der Waals surface area contributed by atoms with Crippen LogP contribution in [0.3, 0.4) is 0 Å². The zero-order chi connectivity index (χ0) is 22.3. The summed E-state index contributed by atoms with van der Waals surface area (Å²) in [5, 5.41) is 13.7. The molecule has 1 amide bonds. The molecule has 1 aliphatic heterocycles. The number of hydrogen-bond donors (Lipinski definition) is 1. The monoisotopic (exact) mass is 452 g/mol. The molecule has 1 saturated heterocycles. The molecule has 0 aliphatic carbocycles. The molecule has 1 aliphatic rings. The number of carbonyl (C=O) groups excluding carboxylic acids is 2. The number of aliphatic hydroxyl groups is 1. The van der Waals surface area contributed by atoms with Crippen molar-refractivity contribution < 1.29 is 14.7 Å². The Morgan fingerprint density at radius 3 is 2.26 bits per heavy atom. The van der Waals surface area contributed by atoms with Crippen molar-refractivity contribution >= 4 is 45.5 Å². The van der Waals surface area contributed by atoms with Crippen LogP contribution in [0, 0.1) is 0 Å². The van der Waals surface area contributed by atoms with Crippen molar-refractivity contribution in [3.63, 3.8) is 0 Å². The summed E-state index contributed by atoms with van der Waals surface area (Å²) in [6.45, 7) is 6.35. The van der Waals surface area contributed by atoms with Gasteiger partial charge >= 0.3 is 5.91 Å². The Bertz CT molecular complexity index is 1160. The molecular formula is C24H21ClN2O3S. The molecule has 0 spiro atoms. The van der Waals surface area contributed by atoms with E-state index in [0.29, 0.717) is 15.7 Å². The number of aliphatic hydroxyl groups excluding tert-OH is 1. The first-order valence-electron chi connectivity index (χ1n) is 9.75. The Morgan fingerprint density at radius 2 is 1.71 bits per heavy atom. The van der Waals surface area contributed by atoms with E-state index in [1.807, 2.05) is 24.3 Å². The van der Waals surface area contributed by atoms with Crippen LogP contribution in [0.15, 0.2) is 65.7 Å². The van der Waals surface area contributed by atoms with Crippen LogP contribution in [0.4, 0.5) is 5.13 Å².